The van der Waals surface area contributed by atoms with Gasteiger partial charge in [-0.1, -0.05) is 64.7 Å². The fourth-order valence-corrected chi connectivity index (χ4v) is 2.82. The van der Waals surface area contributed by atoms with Gasteiger partial charge in [0, 0.05) is 6.54 Å². The van der Waals surface area contributed by atoms with Crippen LogP contribution in [0, 0.1) is 0 Å². The molecule has 0 aliphatic rings. The Kier molecular flexibility index (Phi) is 7.13. The molecule has 122 valence electrons. The second-order valence-electron chi connectivity index (χ2n) is 6.05. The summed E-state index contributed by atoms with van der Waals surface area (Å²) >= 11 is 0. The summed E-state index contributed by atoms with van der Waals surface area (Å²) in [6, 6.07) is 0. The lowest BCUT2D eigenvalue weighted by Crippen LogP contribution is -2.02. The quantitative estimate of drug-likeness (QED) is 0.627. The van der Waals surface area contributed by atoms with Crippen molar-refractivity contribution in [3.05, 3.63) is 12.5 Å². The number of nitrogen functional groups attached to an aromatic ring is 1. The molecule has 0 unspecified atom stereocenters. The van der Waals surface area contributed by atoms with Crippen molar-refractivity contribution in [1.29, 1.82) is 0 Å². The van der Waals surface area contributed by atoms with E-state index in [4.69, 9.17) is 5.73 Å². The van der Waals surface area contributed by atoms with E-state index in [0.29, 0.717) is 5.82 Å². The van der Waals surface area contributed by atoms with E-state index in [1.165, 1.54) is 64.1 Å². The molecule has 0 atom stereocenters. The zero-order chi connectivity index (χ0) is 15.6. The number of nitrogens with zero attached hydrogens (tertiary/aromatic N) is 4. The van der Waals surface area contributed by atoms with Gasteiger partial charge in [-0.2, -0.15) is 5.10 Å². The van der Waals surface area contributed by atoms with Crippen LogP contribution >= 0.6 is 0 Å². The average Bonchev–Trinajstić information content (AvgIpc) is 2.94. The molecule has 0 saturated carbocycles. The lowest BCUT2D eigenvalue weighted by molar-refractivity contribution is 0.521. The minimum Gasteiger partial charge on any atom is -0.383 e. The molecule has 2 heterocycles. The number of aryl methyl sites for hydroxylation is 1. The first-order valence-electron chi connectivity index (χ1n) is 8.75. The normalized spacial score (nSPS) is 11.3. The van der Waals surface area contributed by atoms with Crippen LogP contribution in [-0.4, -0.2) is 19.7 Å². The summed E-state index contributed by atoms with van der Waals surface area (Å²) in [6.07, 6.45) is 16.7. The number of rotatable bonds is 11. The van der Waals surface area contributed by atoms with Gasteiger partial charge in [0.25, 0.3) is 0 Å². The van der Waals surface area contributed by atoms with Crippen molar-refractivity contribution in [2.45, 2.75) is 77.7 Å². The summed E-state index contributed by atoms with van der Waals surface area (Å²) in [4.78, 5) is 8.27. The minimum absolute atomic E-state index is 0.513. The van der Waals surface area contributed by atoms with Crippen LogP contribution < -0.4 is 5.73 Å². The molecule has 0 fully saturated rings. The van der Waals surface area contributed by atoms with Crippen molar-refractivity contribution in [2.75, 3.05) is 5.73 Å². The van der Waals surface area contributed by atoms with Crippen molar-refractivity contribution in [1.82, 2.24) is 19.7 Å². The summed E-state index contributed by atoms with van der Waals surface area (Å²) < 4.78 is 1.94. The summed E-state index contributed by atoms with van der Waals surface area (Å²) in [5.74, 6) is 0.513. The van der Waals surface area contributed by atoms with Gasteiger partial charge in [-0.05, 0) is 6.42 Å². The zero-order valence-electron chi connectivity index (χ0n) is 13.8. The van der Waals surface area contributed by atoms with Crippen LogP contribution in [0.2, 0.25) is 0 Å². The van der Waals surface area contributed by atoms with Gasteiger partial charge in [0.15, 0.2) is 5.65 Å². The highest BCUT2D eigenvalue weighted by Crippen LogP contribution is 2.16. The maximum absolute atomic E-state index is 5.82. The molecule has 5 nitrogen and oxygen atoms in total. The molecule has 0 aromatic carbocycles. The topological polar surface area (TPSA) is 69.6 Å². The Morgan fingerprint density at radius 2 is 1.55 bits per heavy atom. The Morgan fingerprint density at radius 3 is 2.23 bits per heavy atom. The number of fused-ring (bicyclic) bond motifs is 1. The van der Waals surface area contributed by atoms with Gasteiger partial charge < -0.3 is 5.73 Å². The van der Waals surface area contributed by atoms with E-state index in [1.54, 1.807) is 6.20 Å². The third kappa shape index (κ3) is 4.97. The van der Waals surface area contributed by atoms with Gasteiger partial charge in [0.2, 0.25) is 0 Å². The first-order valence-corrected chi connectivity index (χ1v) is 8.75. The SMILES string of the molecule is CCCCCCCCCCCCn1ncc2c(N)ncnc21. The molecular formula is C17H29N5. The largest absolute Gasteiger partial charge is 0.383 e. The van der Waals surface area contributed by atoms with Crippen molar-refractivity contribution >= 4 is 16.9 Å². The molecule has 2 N–H and O–H groups in total. The fourth-order valence-electron chi connectivity index (χ4n) is 2.82. The van der Waals surface area contributed by atoms with Crippen molar-refractivity contribution in [3.63, 3.8) is 0 Å². The van der Waals surface area contributed by atoms with E-state index in [9.17, 15) is 0 Å². The van der Waals surface area contributed by atoms with Crippen LogP contribution in [0.25, 0.3) is 11.0 Å². The van der Waals surface area contributed by atoms with Gasteiger partial charge in [-0.15, -0.1) is 0 Å². The third-order valence-electron chi connectivity index (χ3n) is 4.19. The van der Waals surface area contributed by atoms with E-state index in [0.717, 1.165) is 24.0 Å². The van der Waals surface area contributed by atoms with Crippen LogP contribution in [0.3, 0.4) is 0 Å². The van der Waals surface area contributed by atoms with Crippen molar-refractivity contribution in [3.8, 4) is 0 Å². The maximum atomic E-state index is 5.82. The molecule has 2 aromatic rings. The van der Waals surface area contributed by atoms with Crippen LogP contribution in [0.5, 0.6) is 0 Å². The zero-order valence-corrected chi connectivity index (χ0v) is 13.8. The van der Waals surface area contributed by atoms with E-state index < -0.39 is 0 Å². The van der Waals surface area contributed by atoms with Crippen LogP contribution in [0.4, 0.5) is 5.82 Å². The predicted molar refractivity (Wildman–Crippen MR) is 91.6 cm³/mol. The van der Waals surface area contributed by atoms with Gasteiger partial charge >= 0.3 is 0 Å². The second kappa shape index (κ2) is 9.38. The molecule has 0 aliphatic carbocycles. The molecule has 22 heavy (non-hydrogen) atoms. The number of hydrogen-bond donors (Lipinski definition) is 1. The monoisotopic (exact) mass is 303 g/mol. The summed E-state index contributed by atoms with van der Waals surface area (Å²) in [7, 11) is 0. The first-order chi connectivity index (χ1) is 10.8. The molecule has 0 spiro atoms. The molecule has 2 aromatic heterocycles. The van der Waals surface area contributed by atoms with Crippen LogP contribution in [-0.2, 0) is 6.54 Å². The van der Waals surface area contributed by atoms with E-state index in [1.807, 2.05) is 4.68 Å². The predicted octanol–water partition coefficient (Wildman–Crippen LogP) is 4.33. The second-order valence-corrected chi connectivity index (χ2v) is 6.05. The van der Waals surface area contributed by atoms with Crippen LogP contribution in [0.15, 0.2) is 12.5 Å². The fraction of sp³-hybridized carbons (Fsp3) is 0.706. The van der Waals surface area contributed by atoms with Crippen LogP contribution in [0.1, 0.15) is 71.1 Å². The Labute approximate surface area is 133 Å². The first kappa shape index (κ1) is 16.7. The maximum Gasteiger partial charge on any atom is 0.163 e. The summed E-state index contributed by atoms with van der Waals surface area (Å²) in [6.45, 7) is 3.18. The standard InChI is InChI=1S/C17H29N5/c1-2-3-4-5-6-7-8-9-10-11-12-22-17-15(13-21-22)16(18)19-14-20-17/h13-14H,2-12H2,1H3,(H2,18,19,20). The van der Waals surface area contributed by atoms with Crippen molar-refractivity contribution < 1.29 is 0 Å². The molecule has 2 rings (SSSR count). The lowest BCUT2D eigenvalue weighted by Gasteiger charge is -2.04. The average molecular weight is 303 g/mol. The minimum atomic E-state index is 0.513. The van der Waals surface area contributed by atoms with Gasteiger partial charge in [-0.25, -0.2) is 14.6 Å². The summed E-state index contributed by atoms with van der Waals surface area (Å²) in [5, 5.41) is 5.22. The van der Waals surface area contributed by atoms with Gasteiger partial charge in [0.05, 0.1) is 11.6 Å². The highest BCUT2D eigenvalue weighted by molar-refractivity contribution is 5.84. The van der Waals surface area contributed by atoms with E-state index in [2.05, 4.69) is 22.0 Å². The molecule has 0 amide bonds. The Morgan fingerprint density at radius 1 is 0.909 bits per heavy atom. The molecule has 0 bridgehead atoms. The highest BCUT2D eigenvalue weighted by atomic mass is 15.3. The number of aromatic nitrogens is 4. The smallest absolute Gasteiger partial charge is 0.163 e. The highest BCUT2D eigenvalue weighted by Gasteiger charge is 2.06. The number of unbranched alkanes of at least 4 members (excludes halogenated alkanes) is 9. The van der Waals surface area contributed by atoms with E-state index in [-0.39, 0.29) is 0 Å². The molecular weight excluding hydrogens is 274 g/mol. The Balaban J connectivity index is 1.58. The van der Waals surface area contributed by atoms with Crippen molar-refractivity contribution in [2.24, 2.45) is 0 Å². The van der Waals surface area contributed by atoms with Gasteiger partial charge in [-0.3, -0.25) is 0 Å². The number of anilines is 1. The molecule has 0 saturated heterocycles. The lowest BCUT2D eigenvalue weighted by atomic mass is 10.1. The van der Waals surface area contributed by atoms with Gasteiger partial charge in [0.1, 0.15) is 12.1 Å². The van der Waals surface area contributed by atoms with E-state index >= 15 is 0 Å². The molecule has 5 heteroatoms. The number of hydrogen-bond acceptors (Lipinski definition) is 4. The summed E-state index contributed by atoms with van der Waals surface area (Å²) in [5.41, 5.74) is 6.67. The Hall–Kier alpha value is -1.65. The number of nitrogens with two attached hydrogens (primary N) is 1. The molecule has 0 aliphatic heterocycles. The Bertz CT molecular complexity index is 549. The third-order valence-corrected chi connectivity index (χ3v) is 4.19. The molecule has 0 radical (unpaired) electrons.